The van der Waals surface area contributed by atoms with Gasteiger partial charge < -0.3 is 9.88 Å². The van der Waals surface area contributed by atoms with Crippen LogP contribution >= 0.6 is 0 Å². The number of aromatic nitrogens is 2. The lowest BCUT2D eigenvalue weighted by Gasteiger charge is -2.19. The van der Waals surface area contributed by atoms with Crippen LogP contribution < -0.4 is 5.32 Å². The number of nitrogens with one attached hydrogen (secondary N) is 1. The van der Waals surface area contributed by atoms with E-state index in [1.54, 1.807) is 0 Å². The van der Waals surface area contributed by atoms with E-state index in [9.17, 15) is 23.3 Å². The Bertz CT molecular complexity index is 1480. The Kier molecular flexibility index (Phi) is 5.69. The number of carbonyl (C=O) groups excluding carboxylic acids is 1. The molecule has 0 spiro atoms. The number of nitrogens with zero attached hydrogens (tertiary/aromatic N) is 3. The molecule has 0 saturated carbocycles. The van der Waals surface area contributed by atoms with Crippen molar-refractivity contribution in [2.45, 2.75) is 10.9 Å². The van der Waals surface area contributed by atoms with E-state index in [0.29, 0.717) is 5.82 Å². The van der Waals surface area contributed by atoms with Crippen molar-refractivity contribution in [3.05, 3.63) is 99.9 Å². The normalized spacial score (nSPS) is 12.4. The second kappa shape index (κ2) is 8.47. The molecule has 0 radical (unpaired) electrons. The first-order chi connectivity index (χ1) is 15.6. The molecule has 0 bridgehead atoms. The third-order valence-corrected chi connectivity index (χ3v) is 6.37. The van der Waals surface area contributed by atoms with Crippen LogP contribution in [0.15, 0.2) is 77.7 Å². The predicted molar refractivity (Wildman–Crippen MR) is 123 cm³/mol. The maximum atomic E-state index is 13.2. The van der Waals surface area contributed by atoms with Gasteiger partial charge in [0.1, 0.15) is 11.9 Å². The lowest BCUT2D eigenvalue weighted by molar-refractivity contribution is -0.385. The van der Waals surface area contributed by atoms with Crippen LogP contribution in [0, 0.1) is 10.1 Å². The first-order valence-electron chi connectivity index (χ1n) is 9.92. The number of nitro benzene ring substituents is 1. The van der Waals surface area contributed by atoms with Crippen molar-refractivity contribution in [3.8, 4) is 0 Å². The molecule has 10 heteroatoms. The first-order valence-corrected chi connectivity index (χ1v) is 11.8. The van der Waals surface area contributed by atoms with Gasteiger partial charge in [0.15, 0.2) is 9.84 Å². The summed E-state index contributed by atoms with van der Waals surface area (Å²) in [6, 6.07) is 19.1. The molecule has 0 aliphatic heterocycles. The number of nitro groups is 1. The van der Waals surface area contributed by atoms with Gasteiger partial charge in [-0.15, -0.1) is 0 Å². The lowest BCUT2D eigenvalue weighted by Crippen LogP contribution is -2.31. The van der Waals surface area contributed by atoms with Crippen molar-refractivity contribution in [2.75, 3.05) is 6.26 Å². The zero-order chi connectivity index (χ0) is 23.8. The Morgan fingerprint density at radius 3 is 2.36 bits per heavy atom. The summed E-state index contributed by atoms with van der Waals surface area (Å²) in [7, 11) is -1.94. The Balaban J connectivity index is 1.81. The molecule has 0 fully saturated rings. The van der Waals surface area contributed by atoms with Gasteiger partial charge in [-0.05, 0) is 23.8 Å². The third-order valence-electron chi connectivity index (χ3n) is 5.28. The maximum absolute atomic E-state index is 13.2. The molecule has 0 aliphatic carbocycles. The zero-order valence-corrected chi connectivity index (χ0v) is 18.6. The molecule has 168 valence electrons. The molecule has 3 aromatic carbocycles. The van der Waals surface area contributed by atoms with Gasteiger partial charge in [-0.3, -0.25) is 14.9 Å². The smallest absolute Gasteiger partial charge is 0.271 e. The molecule has 0 saturated heterocycles. The van der Waals surface area contributed by atoms with Gasteiger partial charge in [0.2, 0.25) is 0 Å². The molecular weight excluding hydrogens is 444 g/mol. The number of fused-ring (bicyclic) bond motifs is 1. The van der Waals surface area contributed by atoms with E-state index in [0.717, 1.165) is 41.1 Å². The van der Waals surface area contributed by atoms with Crippen LogP contribution in [0.2, 0.25) is 0 Å². The van der Waals surface area contributed by atoms with Gasteiger partial charge in [-0.1, -0.05) is 42.5 Å². The highest BCUT2D eigenvalue weighted by atomic mass is 32.2. The van der Waals surface area contributed by atoms with Crippen LogP contribution in [0.1, 0.15) is 27.8 Å². The van der Waals surface area contributed by atoms with Crippen molar-refractivity contribution >= 4 is 32.5 Å². The Labute approximate surface area is 189 Å². The van der Waals surface area contributed by atoms with E-state index >= 15 is 0 Å². The first kappa shape index (κ1) is 22.2. The lowest BCUT2D eigenvalue weighted by atomic mass is 10.1. The monoisotopic (exact) mass is 464 g/mol. The summed E-state index contributed by atoms with van der Waals surface area (Å²) in [5.74, 6) is -0.103. The molecule has 1 heterocycles. The van der Waals surface area contributed by atoms with Gasteiger partial charge in [-0.25, -0.2) is 13.4 Å². The van der Waals surface area contributed by atoms with Crippen LogP contribution in [0.4, 0.5) is 5.69 Å². The number of non-ortho nitro benzene ring substituents is 1. The average molecular weight is 465 g/mol. The summed E-state index contributed by atoms with van der Waals surface area (Å²) in [5.41, 5.74) is 1.75. The number of sulfone groups is 1. The number of hydrogen-bond acceptors (Lipinski definition) is 6. The maximum Gasteiger partial charge on any atom is 0.271 e. The van der Waals surface area contributed by atoms with Crippen molar-refractivity contribution in [2.24, 2.45) is 7.05 Å². The summed E-state index contributed by atoms with van der Waals surface area (Å²) in [6.45, 7) is 0. The average Bonchev–Trinajstić information content (AvgIpc) is 3.13. The Morgan fingerprint density at radius 2 is 1.73 bits per heavy atom. The molecule has 9 nitrogen and oxygen atoms in total. The molecular formula is C23H20N4O5S. The van der Waals surface area contributed by atoms with Crippen LogP contribution in [0.5, 0.6) is 0 Å². The van der Waals surface area contributed by atoms with E-state index in [4.69, 9.17) is 0 Å². The number of hydrogen-bond donors (Lipinski definition) is 1. The second-order valence-corrected chi connectivity index (χ2v) is 9.60. The minimum atomic E-state index is -3.77. The van der Waals surface area contributed by atoms with Gasteiger partial charge in [0.25, 0.3) is 11.6 Å². The number of imidazole rings is 1. The topological polar surface area (TPSA) is 124 Å². The highest BCUT2D eigenvalue weighted by Gasteiger charge is 2.25. The molecule has 1 atom stereocenters. The summed E-state index contributed by atoms with van der Waals surface area (Å²) >= 11 is 0. The predicted octanol–water partition coefficient (Wildman–Crippen LogP) is 3.40. The second-order valence-electron chi connectivity index (χ2n) is 7.58. The number of benzene rings is 3. The minimum absolute atomic E-state index is 0.135. The van der Waals surface area contributed by atoms with E-state index in [-0.39, 0.29) is 10.5 Å². The van der Waals surface area contributed by atoms with Crippen LogP contribution in [0.3, 0.4) is 0 Å². The van der Waals surface area contributed by atoms with Crippen LogP contribution in [-0.2, 0) is 16.9 Å². The molecule has 1 unspecified atom stereocenters. The third kappa shape index (κ3) is 4.46. The van der Waals surface area contributed by atoms with Gasteiger partial charge in [0, 0.05) is 31.0 Å². The van der Waals surface area contributed by atoms with Crippen molar-refractivity contribution < 1.29 is 18.1 Å². The van der Waals surface area contributed by atoms with Crippen LogP contribution in [-0.4, -0.2) is 35.1 Å². The van der Waals surface area contributed by atoms with E-state index in [2.05, 4.69) is 10.3 Å². The fourth-order valence-electron chi connectivity index (χ4n) is 3.61. The highest BCUT2D eigenvalue weighted by molar-refractivity contribution is 7.90. The van der Waals surface area contributed by atoms with E-state index in [1.807, 2.05) is 66.2 Å². The summed E-state index contributed by atoms with van der Waals surface area (Å²) in [6.07, 6.45) is 0.931. The van der Waals surface area contributed by atoms with Gasteiger partial charge >= 0.3 is 0 Å². The van der Waals surface area contributed by atoms with Crippen molar-refractivity contribution in [1.29, 1.82) is 0 Å². The minimum Gasteiger partial charge on any atom is -0.338 e. The number of amides is 1. The molecule has 1 amide bonds. The van der Waals surface area contributed by atoms with Gasteiger partial charge in [0.05, 0.1) is 20.9 Å². The number of aryl methyl sites for hydroxylation is 1. The number of para-hydroxylation sites is 2. The molecule has 4 rings (SSSR count). The standard InChI is InChI=1S/C23H20N4O5S/c1-26-20-11-7-6-10-19(20)24-22(26)21(15-8-4-3-5-9-15)25-23(28)16-12-17(27(29)30)14-18(13-16)33(2,31)32/h3-14,21H,1-2H3,(H,25,28). The Morgan fingerprint density at radius 1 is 1.06 bits per heavy atom. The molecule has 33 heavy (non-hydrogen) atoms. The Hall–Kier alpha value is -4.05. The number of rotatable bonds is 6. The summed E-state index contributed by atoms with van der Waals surface area (Å²) in [4.78, 5) is 28.2. The fourth-order valence-corrected chi connectivity index (χ4v) is 4.29. The molecule has 1 N–H and O–H groups in total. The van der Waals surface area contributed by atoms with Crippen molar-refractivity contribution in [3.63, 3.8) is 0 Å². The quantitative estimate of drug-likeness (QED) is 0.344. The largest absolute Gasteiger partial charge is 0.338 e. The SMILES string of the molecule is Cn1c(C(NC(=O)c2cc([N+](=O)[O-])cc(S(C)(=O)=O)c2)c2ccccc2)nc2ccccc21. The van der Waals surface area contributed by atoms with Crippen LogP contribution in [0.25, 0.3) is 11.0 Å². The summed E-state index contributed by atoms with van der Waals surface area (Å²) < 4.78 is 25.9. The highest BCUT2D eigenvalue weighted by Crippen LogP contribution is 2.27. The molecule has 4 aromatic rings. The number of carbonyl (C=O) groups is 1. The van der Waals surface area contributed by atoms with Crippen molar-refractivity contribution in [1.82, 2.24) is 14.9 Å². The molecule has 0 aliphatic rings. The zero-order valence-electron chi connectivity index (χ0n) is 17.8. The molecule has 1 aromatic heterocycles. The van der Waals surface area contributed by atoms with E-state index < -0.39 is 32.4 Å². The van der Waals surface area contributed by atoms with Gasteiger partial charge in [-0.2, -0.15) is 0 Å². The fraction of sp³-hybridized carbons (Fsp3) is 0.130. The van der Waals surface area contributed by atoms with E-state index in [1.165, 1.54) is 0 Å². The summed E-state index contributed by atoms with van der Waals surface area (Å²) in [5, 5.41) is 14.2.